The number of aryl methyl sites for hydroxylation is 3. The van der Waals surface area contributed by atoms with Crippen LogP contribution in [-0.4, -0.2) is 24.7 Å². The van der Waals surface area contributed by atoms with Crippen LogP contribution >= 0.6 is 0 Å². The minimum absolute atomic E-state index is 0.123. The quantitative estimate of drug-likeness (QED) is 0.771. The van der Waals surface area contributed by atoms with Crippen molar-refractivity contribution in [1.82, 2.24) is 0 Å². The predicted octanol–water partition coefficient (Wildman–Crippen LogP) is 4.05. The fourth-order valence-electron chi connectivity index (χ4n) is 4.64. The molecule has 3 rings (SSSR count). The molecule has 2 unspecified atom stereocenters. The first-order valence-corrected chi connectivity index (χ1v) is 10.9. The molecular weight excluding hydrogens is 320 g/mol. The van der Waals surface area contributed by atoms with E-state index in [1.807, 2.05) is 0 Å². The molecular formula is C20H28O3S. The van der Waals surface area contributed by atoms with Gasteiger partial charge in [-0.25, -0.2) is 8.42 Å². The second-order valence-corrected chi connectivity index (χ2v) is 9.97. The summed E-state index contributed by atoms with van der Waals surface area (Å²) in [6.45, 7) is 6.25. The van der Waals surface area contributed by atoms with E-state index < -0.39 is 9.84 Å². The Bertz CT molecular complexity index is 703. The van der Waals surface area contributed by atoms with Gasteiger partial charge in [0.15, 0.2) is 15.6 Å². The van der Waals surface area contributed by atoms with Gasteiger partial charge < -0.3 is 0 Å². The van der Waals surface area contributed by atoms with Crippen LogP contribution < -0.4 is 0 Å². The van der Waals surface area contributed by atoms with E-state index in [1.54, 1.807) is 0 Å². The van der Waals surface area contributed by atoms with E-state index in [2.05, 4.69) is 32.9 Å². The van der Waals surface area contributed by atoms with Crippen molar-refractivity contribution in [2.45, 2.75) is 76.2 Å². The van der Waals surface area contributed by atoms with Gasteiger partial charge in [0.05, 0.1) is 10.5 Å². The van der Waals surface area contributed by atoms with Crippen molar-refractivity contribution in [3.8, 4) is 0 Å². The largest absolute Gasteiger partial charge is 0.294 e. The van der Waals surface area contributed by atoms with Gasteiger partial charge in [0, 0.05) is 11.5 Å². The van der Waals surface area contributed by atoms with Crippen LogP contribution in [0.15, 0.2) is 12.1 Å². The summed E-state index contributed by atoms with van der Waals surface area (Å²) in [6.07, 6.45) is 5.19. The second-order valence-electron chi connectivity index (χ2n) is 7.46. The molecule has 0 amide bonds. The van der Waals surface area contributed by atoms with Gasteiger partial charge >= 0.3 is 0 Å². The Kier molecular flexibility index (Phi) is 4.87. The molecule has 0 N–H and O–H groups in total. The summed E-state index contributed by atoms with van der Waals surface area (Å²) in [6, 6.07) is 4.24. The maximum atomic E-state index is 13.3. The van der Waals surface area contributed by atoms with E-state index in [9.17, 15) is 13.2 Å². The minimum atomic E-state index is -3.00. The molecule has 1 aromatic rings. The van der Waals surface area contributed by atoms with Gasteiger partial charge in [-0.2, -0.15) is 0 Å². The topological polar surface area (TPSA) is 51.2 Å². The van der Waals surface area contributed by atoms with E-state index in [0.717, 1.165) is 48.8 Å². The highest BCUT2D eigenvalue weighted by Crippen LogP contribution is 2.41. The third-order valence-corrected chi connectivity index (χ3v) is 8.62. The first-order valence-electron chi connectivity index (χ1n) is 9.27. The van der Waals surface area contributed by atoms with Crippen LogP contribution in [0, 0.1) is 12.8 Å². The van der Waals surface area contributed by atoms with E-state index in [1.165, 1.54) is 5.56 Å². The molecule has 3 nitrogen and oxygen atoms in total. The zero-order chi connectivity index (χ0) is 17.5. The van der Waals surface area contributed by atoms with E-state index in [0.29, 0.717) is 12.8 Å². The van der Waals surface area contributed by atoms with Crippen LogP contribution in [0.5, 0.6) is 0 Å². The number of rotatable bonds is 4. The molecule has 2 heterocycles. The van der Waals surface area contributed by atoms with Crippen LogP contribution in [0.3, 0.4) is 0 Å². The van der Waals surface area contributed by atoms with Crippen molar-refractivity contribution in [3.05, 3.63) is 34.4 Å². The molecule has 1 aromatic carbocycles. The number of carbonyl (C=O) groups is 1. The third kappa shape index (κ3) is 2.94. The molecule has 24 heavy (non-hydrogen) atoms. The molecule has 2 bridgehead atoms. The smallest absolute Gasteiger partial charge is 0.166 e. The van der Waals surface area contributed by atoms with Gasteiger partial charge in [-0.15, -0.1) is 0 Å². The van der Waals surface area contributed by atoms with Gasteiger partial charge in [-0.05, 0) is 56.6 Å². The van der Waals surface area contributed by atoms with Crippen molar-refractivity contribution in [3.63, 3.8) is 0 Å². The fourth-order valence-corrected chi connectivity index (χ4v) is 7.18. The Labute approximate surface area is 145 Å². The normalized spacial score (nSPS) is 28.5. The van der Waals surface area contributed by atoms with Crippen LogP contribution in [0.4, 0.5) is 0 Å². The molecule has 0 spiro atoms. The van der Waals surface area contributed by atoms with E-state index >= 15 is 0 Å². The van der Waals surface area contributed by atoms with Crippen LogP contribution in [-0.2, 0) is 22.7 Å². The van der Waals surface area contributed by atoms with Crippen molar-refractivity contribution in [1.29, 1.82) is 0 Å². The van der Waals surface area contributed by atoms with E-state index in [-0.39, 0.29) is 22.2 Å². The Balaban J connectivity index is 1.96. The monoisotopic (exact) mass is 348 g/mol. The highest BCUT2D eigenvalue weighted by atomic mass is 32.2. The number of benzene rings is 1. The third-order valence-electron chi connectivity index (χ3n) is 5.90. The van der Waals surface area contributed by atoms with E-state index in [4.69, 9.17) is 0 Å². The lowest BCUT2D eigenvalue weighted by Crippen LogP contribution is -2.45. The SMILES string of the molecule is CCc1cc(C)cc(CC)c1C(=O)C1CC2CCCC(C1)S2(=O)=O. The summed E-state index contributed by atoms with van der Waals surface area (Å²) in [4.78, 5) is 13.3. The summed E-state index contributed by atoms with van der Waals surface area (Å²) in [5.41, 5.74) is 4.32. The van der Waals surface area contributed by atoms with Gasteiger partial charge in [0.2, 0.25) is 0 Å². The molecule has 2 aliphatic heterocycles. The summed E-state index contributed by atoms with van der Waals surface area (Å²) in [5.74, 6) is 0.0673. The zero-order valence-corrected chi connectivity index (χ0v) is 15.8. The van der Waals surface area contributed by atoms with Gasteiger partial charge in [-0.1, -0.05) is 38.0 Å². The zero-order valence-electron chi connectivity index (χ0n) is 15.0. The van der Waals surface area contributed by atoms with Crippen molar-refractivity contribution >= 4 is 15.6 Å². The number of Topliss-reactive ketones (excluding diaryl/α,β-unsaturated/α-hetero) is 1. The fraction of sp³-hybridized carbons (Fsp3) is 0.650. The van der Waals surface area contributed by atoms with Crippen LogP contribution in [0.1, 0.15) is 73.0 Å². The second kappa shape index (κ2) is 6.62. The lowest BCUT2D eigenvalue weighted by atomic mass is 9.81. The Hall–Kier alpha value is -1.16. The highest BCUT2D eigenvalue weighted by Gasteiger charge is 2.46. The molecule has 2 fully saturated rings. The number of fused-ring (bicyclic) bond motifs is 2. The Morgan fingerprint density at radius 2 is 1.54 bits per heavy atom. The molecule has 0 aromatic heterocycles. The average molecular weight is 349 g/mol. The number of hydrogen-bond acceptors (Lipinski definition) is 3. The molecule has 2 saturated heterocycles. The number of sulfone groups is 1. The summed E-state index contributed by atoms with van der Waals surface area (Å²) in [5, 5.41) is -0.584. The number of ketones is 1. The molecule has 0 aliphatic carbocycles. The number of hydrogen-bond donors (Lipinski definition) is 0. The highest BCUT2D eigenvalue weighted by molar-refractivity contribution is 7.92. The predicted molar refractivity (Wildman–Crippen MR) is 97.3 cm³/mol. The van der Waals surface area contributed by atoms with Crippen molar-refractivity contribution in [2.75, 3.05) is 0 Å². The van der Waals surface area contributed by atoms with Crippen molar-refractivity contribution < 1.29 is 13.2 Å². The first kappa shape index (κ1) is 17.7. The summed E-state index contributed by atoms with van der Waals surface area (Å²) < 4.78 is 25.0. The van der Waals surface area contributed by atoms with Crippen LogP contribution in [0.25, 0.3) is 0 Å². The molecule has 2 aliphatic rings. The molecule has 0 radical (unpaired) electrons. The van der Waals surface area contributed by atoms with Crippen molar-refractivity contribution in [2.24, 2.45) is 5.92 Å². The minimum Gasteiger partial charge on any atom is -0.294 e. The molecule has 132 valence electrons. The standard InChI is InChI=1S/C20H28O3S/c1-4-14-9-13(3)10-15(5-2)19(14)20(21)16-11-17-7-6-8-18(12-16)24(17,22)23/h9-10,16-18H,4-8,11-12H2,1-3H3. The maximum Gasteiger partial charge on any atom is 0.166 e. The van der Waals surface area contributed by atoms with Gasteiger partial charge in [-0.3, -0.25) is 4.79 Å². The van der Waals surface area contributed by atoms with Gasteiger partial charge in [0.1, 0.15) is 0 Å². The number of carbonyl (C=O) groups excluding carboxylic acids is 1. The summed E-state index contributed by atoms with van der Waals surface area (Å²) >= 11 is 0. The lowest BCUT2D eigenvalue weighted by molar-refractivity contribution is 0.0892. The molecule has 4 heteroatoms. The average Bonchev–Trinajstić information content (AvgIpc) is 2.52. The maximum absolute atomic E-state index is 13.3. The molecule has 0 saturated carbocycles. The first-order chi connectivity index (χ1) is 11.4. The Morgan fingerprint density at radius 3 is 2.00 bits per heavy atom. The molecule has 2 atom stereocenters. The Morgan fingerprint density at radius 1 is 1.04 bits per heavy atom. The van der Waals surface area contributed by atoms with Crippen LogP contribution in [0.2, 0.25) is 0 Å². The summed E-state index contributed by atoms with van der Waals surface area (Å²) in [7, 11) is -3.00. The van der Waals surface area contributed by atoms with Gasteiger partial charge in [0.25, 0.3) is 0 Å². The lowest BCUT2D eigenvalue weighted by Gasteiger charge is -2.38.